The number of halogens is 2. The lowest BCUT2D eigenvalue weighted by Gasteiger charge is -2.29. The van der Waals surface area contributed by atoms with Crippen molar-refractivity contribution in [1.29, 1.82) is 0 Å². The van der Waals surface area contributed by atoms with Crippen LogP contribution in [-0.4, -0.2) is 24.0 Å². The fourth-order valence-electron chi connectivity index (χ4n) is 3.48. The Balaban J connectivity index is 0.00000288. The minimum atomic E-state index is -0.0103. The molecule has 0 spiro atoms. The molecule has 1 aromatic heterocycles. The van der Waals surface area contributed by atoms with E-state index in [-0.39, 0.29) is 36.8 Å². The maximum atomic E-state index is 12.5. The molecule has 4 nitrogen and oxygen atoms in total. The minimum absolute atomic E-state index is 0. The minimum Gasteiger partial charge on any atom is -0.347 e. The molecule has 6 heteroatoms. The summed E-state index contributed by atoms with van der Waals surface area (Å²) in [6.45, 7) is 10.7. The zero-order valence-electron chi connectivity index (χ0n) is 15.7. The van der Waals surface area contributed by atoms with Crippen molar-refractivity contribution in [3.05, 3.63) is 29.6 Å². The van der Waals surface area contributed by atoms with Crippen molar-refractivity contribution in [1.82, 2.24) is 15.6 Å². The number of hydrogen-bond acceptors (Lipinski definition) is 3. The van der Waals surface area contributed by atoms with E-state index >= 15 is 0 Å². The van der Waals surface area contributed by atoms with Gasteiger partial charge in [-0.1, -0.05) is 26.8 Å². The third-order valence-electron chi connectivity index (χ3n) is 5.02. The molecule has 2 heterocycles. The van der Waals surface area contributed by atoms with Gasteiger partial charge in [-0.15, -0.1) is 24.8 Å². The monoisotopic (exact) mass is 389 g/mol. The highest BCUT2D eigenvalue weighted by Crippen LogP contribution is 2.26. The lowest BCUT2D eigenvalue weighted by molar-refractivity contribution is -0.123. The molecule has 0 bridgehead atoms. The molecule has 1 aromatic rings. The Morgan fingerprint density at radius 2 is 1.92 bits per heavy atom. The van der Waals surface area contributed by atoms with Gasteiger partial charge in [0.05, 0.1) is 11.7 Å². The van der Waals surface area contributed by atoms with Crippen LogP contribution in [-0.2, 0) is 4.79 Å². The van der Waals surface area contributed by atoms with Crippen molar-refractivity contribution in [2.24, 2.45) is 17.8 Å². The van der Waals surface area contributed by atoms with E-state index in [1.165, 1.54) is 12.8 Å². The Morgan fingerprint density at radius 3 is 2.48 bits per heavy atom. The molecule has 0 aliphatic carbocycles. The molecule has 1 aliphatic rings. The van der Waals surface area contributed by atoms with Crippen molar-refractivity contribution in [2.75, 3.05) is 13.1 Å². The maximum absolute atomic E-state index is 12.5. The second kappa shape index (κ2) is 11.7. The van der Waals surface area contributed by atoms with Crippen LogP contribution in [0, 0.1) is 24.7 Å². The van der Waals surface area contributed by atoms with Gasteiger partial charge in [-0.05, 0) is 62.2 Å². The van der Waals surface area contributed by atoms with Crippen molar-refractivity contribution >= 4 is 30.7 Å². The van der Waals surface area contributed by atoms with Crippen molar-refractivity contribution in [3.8, 4) is 0 Å². The number of rotatable bonds is 6. The highest BCUT2D eigenvalue weighted by molar-refractivity contribution is 5.85. The lowest BCUT2D eigenvalue weighted by atomic mass is 9.84. The third-order valence-corrected chi connectivity index (χ3v) is 5.02. The van der Waals surface area contributed by atoms with E-state index in [0.717, 1.165) is 24.3 Å². The van der Waals surface area contributed by atoms with E-state index in [2.05, 4.69) is 49.4 Å². The Kier molecular flexibility index (Phi) is 11.3. The SMILES string of the molecule is Cc1cccnc1C(NC(=O)CC(C)C1CCNCC1)C(C)C.Cl.Cl. The summed E-state index contributed by atoms with van der Waals surface area (Å²) < 4.78 is 0. The predicted octanol–water partition coefficient (Wildman–Crippen LogP) is 4.07. The van der Waals surface area contributed by atoms with E-state index in [1.54, 1.807) is 0 Å². The first-order chi connectivity index (χ1) is 11.0. The van der Waals surface area contributed by atoms with Crippen LogP contribution < -0.4 is 10.6 Å². The summed E-state index contributed by atoms with van der Waals surface area (Å²) in [5.74, 6) is 1.58. The molecule has 0 saturated carbocycles. The number of nitrogens with zero attached hydrogens (tertiary/aromatic N) is 1. The number of amides is 1. The zero-order chi connectivity index (χ0) is 16.8. The summed E-state index contributed by atoms with van der Waals surface area (Å²) in [6.07, 6.45) is 4.78. The predicted molar refractivity (Wildman–Crippen MR) is 109 cm³/mol. The number of carbonyl (C=O) groups is 1. The molecule has 0 aromatic carbocycles. The number of carbonyl (C=O) groups excluding carboxylic acids is 1. The van der Waals surface area contributed by atoms with E-state index in [9.17, 15) is 4.79 Å². The number of piperidine rings is 1. The number of aryl methyl sites for hydroxylation is 1. The van der Waals surface area contributed by atoms with E-state index in [0.29, 0.717) is 24.2 Å². The normalized spacial score (nSPS) is 17.2. The Labute approximate surface area is 164 Å². The van der Waals surface area contributed by atoms with Crippen molar-refractivity contribution in [3.63, 3.8) is 0 Å². The van der Waals surface area contributed by atoms with Crippen LogP contribution in [0.1, 0.15) is 57.3 Å². The molecule has 2 rings (SSSR count). The van der Waals surface area contributed by atoms with Gasteiger partial charge in [0, 0.05) is 12.6 Å². The fourth-order valence-corrected chi connectivity index (χ4v) is 3.48. The van der Waals surface area contributed by atoms with Gasteiger partial charge in [0.15, 0.2) is 0 Å². The fraction of sp³-hybridized carbons (Fsp3) is 0.684. The highest BCUT2D eigenvalue weighted by atomic mass is 35.5. The van der Waals surface area contributed by atoms with E-state index in [4.69, 9.17) is 0 Å². The molecule has 25 heavy (non-hydrogen) atoms. The summed E-state index contributed by atoms with van der Waals surface area (Å²) in [7, 11) is 0. The first-order valence-corrected chi connectivity index (χ1v) is 8.90. The largest absolute Gasteiger partial charge is 0.347 e. The first-order valence-electron chi connectivity index (χ1n) is 8.90. The van der Waals surface area contributed by atoms with Crippen molar-refractivity contribution < 1.29 is 4.79 Å². The summed E-state index contributed by atoms with van der Waals surface area (Å²) in [5, 5.41) is 6.62. The van der Waals surface area contributed by atoms with Gasteiger partial charge in [0.1, 0.15) is 0 Å². The summed E-state index contributed by atoms with van der Waals surface area (Å²) in [5.41, 5.74) is 2.13. The second-order valence-electron chi connectivity index (χ2n) is 7.26. The van der Waals surface area contributed by atoms with Crippen LogP contribution >= 0.6 is 24.8 Å². The van der Waals surface area contributed by atoms with E-state index < -0.39 is 0 Å². The molecule has 1 saturated heterocycles. The maximum Gasteiger partial charge on any atom is 0.220 e. The molecular weight excluding hydrogens is 357 g/mol. The average Bonchev–Trinajstić information content (AvgIpc) is 2.54. The molecule has 144 valence electrons. The first kappa shape index (κ1) is 24.2. The Hall–Kier alpha value is -0.840. The van der Waals surface area contributed by atoms with Crippen LogP contribution in [0.4, 0.5) is 0 Å². The lowest BCUT2D eigenvalue weighted by Crippen LogP contribution is -2.36. The van der Waals surface area contributed by atoms with Gasteiger partial charge in [-0.2, -0.15) is 0 Å². The topological polar surface area (TPSA) is 54.0 Å². The number of pyridine rings is 1. The number of aromatic nitrogens is 1. The van der Waals surface area contributed by atoms with E-state index in [1.807, 2.05) is 12.3 Å². The van der Waals surface area contributed by atoms with Crippen LogP contribution in [0.2, 0.25) is 0 Å². The van der Waals surface area contributed by atoms with Gasteiger partial charge in [-0.25, -0.2) is 0 Å². The second-order valence-corrected chi connectivity index (χ2v) is 7.26. The molecule has 1 aliphatic heterocycles. The third kappa shape index (κ3) is 7.12. The highest BCUT2D eigenvalue weighted by Gasteiger charge is 2.25. The summed E-state index contributed by atoms with van der Waals surface area (Å²) in [6, 6.07) is 3.99. The van der Waals surface area contributed by atoms with Gasteiger partial charge >= 0.3 is 0 Å². The van der Waals surface area contributed by atoms with Crippen LogP contribution in [0.25, 0.3) is 0 Å². The van der Waals surface area contributed by atoms with Gasteiger partial charge < -0.3 is 10.6 Å². The average molecular weight is 390 g/mol. The van der Waals surface area contributed by atoms with Crippen LogP contribution in [0.3, 0.4) is 0 Å². The molecule has 2 unspecified atom stereocenters. The van der Waals surface area contributed by atoms with Gasteiger partial charge in [0.25, 0.3) is 0 Å². The van der Waals surface area contributed by atoms with Gasteiger partial charge in [-0.3, -0.25) is 9.78 Å². The van der Waals surface area contributed by atoms with Crippen molar-refractivity contribution in [2.45, 2.75) is 53.0 Å². The summed E-state index contributed by atoms with van der Waals surface area (Å²) >= 11 is 0. The zero-order valence-corrected chi connectivity index (χ0v) is 17.4. The molecule has 1 amide bonds. The molecule has 2 N–H and O–H groups in total. The van der Waals surface area contributed by atoms with Gasteiger partial charge in [0.2, 0.25) is 5.91 Å². The molecule has 0 radical (unpaired) electrons. The molecule has 2 atom stereocenters. The quantitative estimate of drug-likeness (QED) is 0.770. The Bertz CT molecular complexity index is 519. The molecule has 1 fully saturated rings. The summed E-state index contributed by atoms with van der Waals surface area (Å²) in [4.78, 5) is 17.0. The number of nitrogens with one attached hydrogen (secondary N) is 2. The van der Waals surface area contributed by atoms with Crippen LogP contribution in [0.5, 0.6) is 0 Å². The molecular formula is C19H33Cl2N3O. The Morgan fingerprint density at radius 1 is 1.28 bits per heavy atom. The standard InChI is InChI=1S/C19H31N3O.2ClH/c1-13(2)18(19-14(3)6-5-9-21-19)22-17(23)12-15(4)16-7-10-20-11-8-16;;/h5-6,9,13,15-16,18,20H,7-8,10-12H2,1-4H3,(H,22,23);2*1H. The van der Waals surface area contributed by atoms with Crippen LogP contribution in [0.15, 0.2) is 18.3 Å². The smallest absolute Gasteiger partial charge is 0.220 e. The number of hydrogen-bond donors (Lipinski definition) is 2.